The van der Waals surface area contributed by atoms with E-state index in [0.717, 1.165) is 12.2 Å². The Morgan fingerprint density at radius 2 is 1.26 bits per heavy atom. The van der Waals surface area contributed by atoms with Gasteiger partial charge in [-0.1, -0.05) is 12.1 Å². The normalized spacial score (nSPS) is 10.4. The van der Waals surface area contributed by atoms with Gasteiger partial charge < -0.3 is 30.3 Å². The van der Waals surface area contributed by atoms with Crippen LogP contribution in [0.25, 0.3) is 12.2 Å². The molecular weight excluding hydrogens is 356 g/mol. The van der Waals surface area contributed by atoms with Gasteiger partial charge in [-0.15, -0.1) is 0 Å². The zero-order valence-corrected chi connectivity index (χ0v) is 14.2. The molecule has 27 heavy (non-hydrogen) atoms. The standard InChI is InChI=1S/C10H10O4.C9H8O4/c1-14-9-6-7(2-4-8(9)11)3-5-10(12)13;10-7-3-1-6(5-8(7)11)2-4-9(12)13/h2-6,11H,1H3,(H,12,13);1-5,10-11H,(H,12,13). The van der Waals surface area contributed by atoms with Gasteiger partial charge in [0, 0.05) is 12.2 Å². The molecule has 0 radical (unpaired) electrons. The maximum atomic E-state index is 10.2. The van der Waals surface area contributed by atoms with Crippen LogP contribution >= 0.6 is 0 Å². The van der Waals surface area contributed by atoms with E-state index < -0.39 is 11.9 Å². The highest BCUT2D eigenvalue weighted by atomic mass is 16.5. The molecular formula is C19H18O8. The zero-order valence-electron chi connectivity index (χ0n) is 14.2. The zero-order chi connectivity index (χ0) is 20.4. The topological polar surface area (TPSA) is 145 Å². The van der Waals surface area contributed by atoms with Gasteiger partial charge in [-0.05, 0) is 47.5 Å². The molecule has 0 saturated carbocycles. The Bertz CT molecular complexity index is 868. The third kappa shape index (κ3) is 7.65. The van der Waals surface area contributed by atoms with E-state index in [2.05, 4.69) is 0 Å². The maximum absolute atomic E-state index is 10.2. The van der Waals surface area contributed by atoms with Gasteiger partial charge in [0.05, 0.1) is 7.11 Å². The molecule has 0 atom stereocenters. The molecule has 0 spiro atoms. The van der Waals surface area contributed by atoms with Gasteiger partial charge in [0.15, 0.2) is 23.0 Å². The maximum Gasteiger partial charge on any atom is 0.328 e. The third-order valence-electron chi connectivity index (χ3n) is 3.04. The Morgan fingerprint density at radius 3 is 1.70 bits per heavy atom. The number of carboxylic acid groups (broad SMARTS) is 2. The summed E-state index contributed by atoms with van der Waals surface area (Å²) in [6, 6.07) is 8.65. The van der Waals surface area contributed by atoms with Crippen molar-refractivity contribution in [2.24, 2.45) is 0 Å². The first kappa shape index (κ1) is 21.1. The van der Waals surface area contributed by atoms with Crippen molar-refractivity contribution in [3.05, 3.63) is 59.7 Å². The Morgan fingerprint density at radius 1 is 0.778 bits per heavy atom. The number of aliphatic carboxylic acids is 2. The first-order valence-corrected chi connectivity index (χ1v) is 7.44. The van der Waals surface area contributed by atoms with Crippen LogP contribution in [0.2, 0.25) is 0 Å². The minimum absolute atomic E-state index is 0.0278. The Labute approximate surface area is 154 Å². The number of hydrogen-bond acceptors (Lipinski definition) is 6. The molecule has 8 heteroatoms. The molecule has 2 aromatic carbocycles. The SMILES string of the molecule is COc1cc(C=CC(=O)O)ccc1O.O=C(O)C=Cc1ccc(O)c(O)c1. The van der Waals surface area contributed by atoms with Crippen molar-refractivity contribution < 1.29 is 39.9 Å². The summed E-state index contributed by atoms with van der Waals surface area (Å²) in [4.78, 5) is 20.4. The summed E-state index contributed by atoms with van der Waals surface area (Å²) in [5, 5.41) is 43.9. The summed E-state index contributed by atoms with van der Waals surface area (Å²) in [6.07, 6.45) is 4.71. The van der Waals surface area contributed by atoms with Gasteiger partial charge in [-0.2, -0.15) is 0 Å². The minimum Gasteiger partial charge on any atom is -0.504 e. The van der Waals surface area contributed by atoms with E-state index >= 15 is 0 Å². The summed E-state index contributed by atoms with van der Waals surface area (Å²) in [5.74, 6) is -2.23. The van der Waals surface area contributed by atoms with Crippen LogP contribution in [0.4, 0.5) is 0 Å². The summed E-state index contributed by atoms with van der Waals surface area (Å²) in [7, 11) is 1.43. The van der Waals surface area contributed by atoms with Crippen molar-refractivity contribution in [2.45, 2.75) is 0 Å². The van der Waals surface area contributed by atoms with E-state index in [1.54, 1.807) is 12.1 Å². The van der Waals surface area contributed by atoms with Crippen molar-refractivity contribution in [3.8, 4) is 23.0 Å². The summed E-state index contributed by atoms with van der Waals surface area (Å²) >= 11 is 0. The summed E-state index contributed by atoms with van der Waals surface area (Å²) in [6.45, 7) is 0. The first-order valence-electron chi connectivity index (χ1n) is 7.44. The summed E-state index contributed by atoms with van der Waals surface area (Å²) < 4.78 is 4.86. The second-order valence-corrected chi connectivity index (χ2v) is 5.02. The highest BCUT2D eigenvalue weighted by molar-refractivity contribution is 5.85. The Balaban J connectivity index is 0.000000271. The number of phenolic OH excluding ortho intramolecular Hbond substituents is 3. The van der Waals surface area contributed by atoms with Gasteiger partial charge in [0.2, 0.25) is 0 Å². The van der Waals surface area contributed by atoms with Crippen molar-refractivity contribution in [2.75, 3.05) is 7.11 Å². The van der Waals surface area contributed by atoms with Crippen molar-refractivity contribution in [1.29, 1.82) is 0 Å². The molecule has 0 aliphatic carbocycles. The quantitative estimate of drug-likeness (QED) is 0.397. The fourth-order valence-corrected chi connectivity index (χ4v) is 1.78. The lowest BCUT2D eigenvalue weighted by Crippen LogP contribution is -1.87. The number of carboxylic acids is 2. The van der Waals surface area contributed by atoms with Gasteiger partial charge >= 0.3 is 11.9 Å². The number of hydrogen-bond donors (Lipinski definition) is 5. The number of benzene rings is 2. The van der Waals surface area contributed by atoms with Gasteiger partial charge in [-0.25, -0.2) is 9.59 Å². The lowest BCUT2D eigenvalue weighted by Gasteiger charge is -2.03. The van der Waals surface area contributed by atoms with Gasteiger partial charge in [-0.3, -0.25) is 0 Å². The second kappa shape index (κ2) is 10.1. The molecule has 8 nitrogen and oxygen atoms in total. The molecule has 0 unspecified atom stereocenters. The van der Waals surface area contributed by atoms with Crippen molar-refractivity contribution in [1.82, 2.24) is 0 Å². The van der Waals surface area contributed by atoms with E-state index in [-0.39, 0.29) is 17.2 Å². The fraction of sp³-hybridized carbons (Fsp3) is 0.0526. The lowest BCUT2D eigenvalue weighted by atomic mass is 10.2. The molecule has 0 heterocycles. The fourth-order valence-electron chi connectivity index (χ4n) is 1.78. The monoisotopic (exact) mass is 374 g/mol. The van der Waals surface area contributed by atoms with Crippen LogP contribution < -0.4 is 4.74 Å². The predicted molar refractivity (Wildman–Crippen MR) is 97.8 cm³/mol. The van der Waals surface area contributed by atoms with Crippen molar-refractivity contribution in [3.63, 3.8) is 0 Å². The van der Waals surface area contributed by atoms with Gasteiger partial charge in [0.25, 0.3) is 0 Å². The number of ether oxygens (including phenoxy) is 1. The number of methoxy groups -OCH3 is 1. The lowest BCUT2D eigenvalue weighted by molar-refractivity contribution is -0.132. The van der Waals surface area contributed by atoms with Crippen LogP contribution in [0.15, 0.2) is 48.6 Å². The molecule has 0 aliphatic heterocycles. The highest BCUT2D eigenvalue weighted by Gasteiger charge is 2.00. The van der Waals surface area contributed by atoms with Crippen LogP contribution in [0, 0.1) is 0 Å². The molecule has 142 valence electrons. The summed E-state index contributed by atoms with van der Waals surface area (Å²) in [5.41, 5.74) is 1.17. The Hall–Kier alpha value is -3.94. The van der Waals surface area contributed by atoms with Crippen LogP contribution in [-0.2, 0) is 9.59 Å². The van der Waals surface area contributed by atoms with E-state index in [0.29, 0.717) is 16.9 Å². The van der Waals surface area contributed by atoms with E-state index in [1.165, 1.54) is 43.5 Å². The van der Waals surface area contributed by atoms with Crippen LogP contribution in [-0.4, -0.2) is 44.6 Å². The van der Waals surface area contributed by atoms with Crippen LogP contribution in [0.3, 0.4) is 0 Å². The van der Waals surface area contributed by atoms with E-state index in [9.17, 15) is 14.7 Å². The minimum atomic E-state index is -1.06. The first-order chi connectivity index (χ1) is 12.7. The molecule has 5 N–H and O–H groups in total. The van der Waals surface area contributed by atoms with Crippen LogP contribution in [0.5, 0.6) is 23.0 Å². The smallest absolute Gasteiger partial charge is 0.328 e. The molecule has 2 rings (SSSR count). The molecule has 0 aliphatic rings. The van der Waals surface area contributed by atoms with Crippen LogP contribution in [0.1, 0.15) is 11.1 Å². The molecule has 0 aromatic heterocycles. The number of rotatable bonds is 5. The Kier molecular flexibility index (Phi) is 7.93. The molecule has 2 aromatic rings. The molecule has 0 saturated heterocycles. The highest BCUT2D eigenvalue weighted by Crippen LogP contribution is 2.26. The average molecular weight is 374 g/mol. The molecule has 0 amide bonds. The molecule has 0 fully saturated rings. The van der Waals surface area contributed by atoms with E-state index in [4.69, 9.17) is 25.2 Å². The van der Waals surface area contributed by atoms with E-state index in [1.807, 2.05) is 0 Å². The third-order valence-corrected chi connectivity index (χ3v) is 3.04. The number of aromatic hydroxyl groups is 3. The average Bonchev–Trinajstić information content (AvgIpc) is 2.62. The largest absolute Gasteiger partial charge is 0.504 e. The number of phenols is 3. The predicted octanol–water partition coefficient (Wildman–Crippen LogP) is 2.69. The second-order valence-electron chi connectivity index (χ2n) is 5.02. The van der Waals surface area contributed by atoms with Gasteiger partial charge in [0.1, 0.15) is 0 Å². The number of carbonyl (C=O) groups is 2. The molecule has 0 bridgehead atoms. The van der Waals surface area contributed by atoms with Crippen molar-refractivity contribution >= 4 is 24.1 Å².